The molecule has 4 nitrogen and oxygen atoms in total. The predicted octanol–water partition coefficient (Wildman–Crippen LogP) is 4.70. The van der Waals surface area contributed by atoms with Crippen molar-refractivity contribution < 1.29 is 4.79 Å². The Hall–Kier alpha value is -2.18. The second-order valence-corrected chi connectivity index (χ2v) is 7.39. The predicted molar refractivity (Wildman–Crippen MR) is 99.8 cm³/mol. The number of carbonyl (C=O) groups excluding carboxylic acids is 1. The Balaban J connectivity index is 1.74. The summed E-state index contributed by atoms with van der Waals surface area (Å²) in [7, 11) is 0. The van der Waals surface area contributed by atoms with Crippen LogP contribution in [-0.4, -0.2) is 15.9 Å². The minimum atomic E-state index is -0.148. The number of aryl methyl sites for hydroxylation is 2. The summed E-state index contributed by atoms with van der Waals surface area (Å²) in [4.78, 5) is 22.2. The minimum Gasteiger partial charge on any atom is -0.307 e. The molecule has 2 heterocycles. The fourth-order valence-electron chi connectivity index (χ4n) is 2.19. The molecule has 0 aliphatic rings. The van der Waals surface area contributed by atoms with Gasteiger partial charge >= 0.3 is 0 Å². The lowest BCUT2D eigenvalue weighted by Crippen LogP contribution is -2.14. The van der Waals surface area contributed by atoms with Crippen LogP contribution in [0.5, 0.6) is 0 Å². The summed E-state index contributed by atoms with van der Waals surface area (Å²) in [6.07, 6.45) is 1.69. The van der Waals surface area contributed by atoms with Gasteiger partial charge in [-0.1, -0.05) is 12.1 Å². The minimum absolute atomic E-state index is 0.148. The molecule has 3 aromatic rings. The van der Waals surface area contributed by atoms with Crippen LogP contribution in [-0.2, 0) is 5.75 Å². The lowest BCUT2D eigenvalue weighted by Gasteiger charge is -2.09. The molecule has 3 rings (SSSR count). The van der Waals surface area contributed by atoms with Crippen LogP contribution in [0.15, 0.2) is 52.9 Å². The first kappa shape index (κ1) is 16.7. The van der Waals surface area contributed by atoms with Gasteiger partial charge in [0.25, 0.3) is 5.91 Å². The normalized spacial score (nSPS) is 10.6. The highest BCUT2D eigenvalue weighted by atomic mass is 32.2. The van der Waals surface area contributed by atoms with E-state index in [9.17, 15) is 4.79 Å². The lowest BCUT2D eigenvalue weighted by molar-refractivity contribution is 0.102. The first-order chi connectivity index (χ1) is 11.6. The van der Waals surface area contributed by atoms with Crippen LogP contribution < -0.4 is 5.32 Å². The zero-order valence-corrected chi connectivity index (χ0v) is 15.1. The van der Waals surface area contributed by atoms with E-state index in [1.165, 1.54) is 0 Å². The van der Waals surface area contributed by atoms with Crippen LogP contribution in [0.4, 0.5) is 5.82 Å². The monoisotopic (exact) mass is 355 g/mol. The number of pyridine rings is 1. The van der Waals surface area contributed by atoms with Crippen LogP contribution in [0.2, 0.25) is 0 Å². The number of hydrogen-bond acceptors (Lipinski definition) is 5. The first-order valence-electron chi connectivity index (χ1n) is 7.48. The third-order valence-electron chi connectivity index (χ3n) is 3.33. The van der Waals surface area contributed by atoms with Gasteiger partial charge in [-0.15, -0.1) is 23.1 Å². The number of hydrogen-bond donors (Lipinski definition) is 1. The van der Waals surface area contributed by atoms with E-state index in [1.807, 2.05) is 50.2 Å². The van der Waals surface area contributed by atoms with Crippen LogP contribution in [0.1, 0.15) is 26.6 Å². The number of thioether (sulfide) groups is 1. The lowest BCUT2D eigenvalue weighted by atomic mass is 10.2. The van der Waals surface area contributed by atoms with Crippen LogP contribution in [0.3, 0.4) is 0 Å². The van der Waals surface area contributed by atoms with E-state index in [0.29, 0.717) is 11.4 Å². The number of rotatable bonds is 5. The van der Waals surface area contributed by atoms with E-state index >= 15 is 0 Å². The fraction of sp³-hybridized carbons (Fsp3) is 0.167. The van der Waals surface area contributed by atoms with Gasteiger partial charge in [0, 0.05) is 22.2 Å². The average molecular weight is 355 g/mol. The molecule has 0 unspecified atom stereocenters. The summed E-state index contributed by atoms with van der Waals surface area (Å²) in [5.74, 6) is 1.16. The molecule has 0 atom stereocenters. The Kier molecular flexibility index (Phi) is 5.27. The fourth-order valence-corrected chi connectivity index (χ4v) is 3.85. The molecule has 0 fully saturated rings. The third-order valence-corrected chi connectivity index (χ3v) is 5.26. The molecule has 0 saturated carbocycles. The smallest absolute Gasteiger partial charge is 0.257 e. The number of carbonyl (C=O) groups is 1. The van der Waals surface area contributed by atoms with Crippen molar-refractivity contribution in [2.24, 2.45) is 0 Å². The van der Waals surface area contributed by atoms with E-state index in [4.69, 9.17) is 0 Å². The van der Waals surface area contributed by atoms with Crippen LogP contribution in [0.25, 0.3) is 0 Å². The van der Waals surface area contributed by atoms with Crippen molar-refractivity contribution in [1.82, 2.24) is 9.97 Å². The number of nitrogens with one attached hydrogen (secondary N) is 1. The molecular weight excluding hydrogens is 338 g/mol. The molecular formula is C18H17N3OS2. The van der Waals surface area contributed by atoms with Crippen molar-refractivity contribution in [3.63, 3.8) is 0 Å². The molecule has 2 aromatic heterocycles. The molecule has 0 aliphatic carbocycles. The molecule has 24 heavy (non-hydrogen) atoms. The molecule has 0 saturated heterocycles. The van der Waals surface area contributed by atoms with E-state index in [0.717, 1.165) is 26.9 Å². The van der Waals surface area contributed by atoms with Gasteiger partial charge in [0.05, 0.1) is 16.3 Å². The van der Waals surface area contributed by atoms with Crippen LogP contribution in [0, 0.1) is 13.8 Å². The molecule has 0 spiro atoms. The Morgan fingerprint density at radius 1 is 1.25 bits per heavy atom. The van der Waals surface area contributed by atoms with Crippen molar-refractivity contribution in [3.8, 4) is 0 Å². The standard InChI is InChI=1S/C18H17N3OS2/c1-12-7-8-19-17(9-12)21-18(22)15-5-3-4-6-16(15)24-11-14-10-23-13(2)20-14/h3-10H,11H2,1-2H3,(H,19,21,22). The SMILES string of the molecule is Cc1ccnc(NC(=O)c2ccccc2SCc2csc(C)n2)c1. The van der Waals surface area contributed by atoms with Gasteiger partial charge in [0.15, 0.2) is 0 Å². The first-order valence-corrected chi connectivity index (χ1v) is 9.35. The number of anilines is 1. The van der Waals surface area contributed by atoms with Gasteiger partial charge in [-0.05, 0) is 43.7 Å². The highest BCUT2D eigenvalue weighted by Crippen LogP contribution is 2.27. The maximum absolute atomic E-state index is 12.6. The van der Waals surface area contributed by atoms with Gasteiger partial charge < -0.3 is 5.32 Å². The molecule has 122 valence electrons. The largest absolute Gasteiger partial charge is 0.307 e. The van der Waals surface area contributed by atoms with Crippen molar-refractivity contribution in [2.75, 3.05) is 5.32 Å². The third kappa shape index (κ3) is 4.21. The second-order valence-electron chi connectivity index (χ2n) is 5.32. The number of amides is 1. The van der Waals surface area contributed by atoms with E-state index in [1.54, 1.807) is 29.3 Å². The zero-order valence-electron chi connectivity index (χ0n) is 13.4. The molecule has 0 bridgehead atoms. The van der Waals surface area contributed by atoms with Crippen molar-refractivity contribution >= 4 is 34.8 Å². The maximum Gasteiger partial charge on any atom is 0.257 e. The Bertz CT molecular complexity index is 861. The highest BCUT2D eigenvalue weighted by molar-refractivity contribution is 7.98. The number of thiazole rings is 1. The average Bonchev–Trinajstić information content (AvgIpc) is 2.99. The molecule has 1 N–H and O–H groups in total. The van der Waals surface area contributed by atoms with Crippen molar-refractivity contribution in [3.05, 3.63) is 69.8 Å². The number of benzene rings is 1. The van der Waals surface area contributed by atoms with E-state index in [2.05, 4.69) is 20.7 Å². The molecule has 0 radical (unpaired) electrons. The van der Waals surface area contributed by atoms with Crippen molar-refractivity contribution in [2.45, 2.75) is 24.5 Å². The summed E-state index contributed by atoms with van der Waals surface area (Å²) in [5, 5.41) is 5.98. The summed E-state index contributed by atoms with van der Waals surface area (Å²) < 4.78 is 0. The van der Waals surface area contributed by atoms with E-state index in [-0.39, 0.29) is 5.91 Å². The highest BCUT2D eigenvalue weighted by Gasteiger charge is 2.13. The number of aromatic nitrogens is 2. The van der Waals surface area contributed by atoms with Gasteiger partial charge in [0.1, 0.15) is 5.82 Å². The quantitative estimate of drug-likeness (QED) is 0.674. The van der Waals surface area contributed by atoms with Gasteiger partial charge in [0.2, 0.25) is 0 Å². The summed E-state index contributed by atoms with van der Waals surface area (Å²) in [5.41, 5.74) is 2.75. The zero-order chi connectivity index (χ0) is 16.9. The Morgan fingerprint density at radius 2 is 2.08 bits per heavy atom. The van der Waals surface area contributed by atoms with Crippen molar-refractivity contribution in [1.29, 1.82) is 0 Å². The summed E-state index contributed by atoms with van der Waals surface area (Å²) in [6, 6.07) is 11.4. The van der Waals surface area contributed by atoms with E-state index < -0.39 is 0 Å². The molecule has 6 heteroatoms. The Labute approximate surface area is 149 Å². The van der Waals surface area contributed by atoms with Gasteiger partial charge in [-0.25, -0.2) is 9.97 Å². The Morgan fingerprint density at radius 3 is 2.83 bits per heavy atom. The van der Waals surface area contributed by atoms with Gasteiger partial charge in [-0.2, -0.15) is 0 Å². The van der Waals surface area contributed by atoms with Crippen LogP contribution >= 0.6 is 23.1 Å². The summed E-state index contributed by atoms with van der Waals surface area (Å²) in [6.45, 7) is 3.96. The number of nitrogens with zero attached hydrogens (tertiary/aromatic N) is 2. The molecule has 1 aromatic carbocycles. The molecule has 0 aliphatic heterocycles. The summed E-state index contributed by atoms with van der Waals surface area (Å²) >= 11 is 3.26. The second kappa shape index (κ2) is 7.59. The molecule has 1 amide bonds. The van der Waals surface area contributed by atoms with Gasteiger partial charge in [-0.3, -0.25) is 4.79 Å². The topological polar surface area (TPSA) is 54.9 Å². The maximum atomic E-state index is 12.6.